The molecular formula is C22H29FN4O2. The Hall–Kier alpha value is -2.41. The van der Waals surface area contributed by atoms with Gasteiger partial charge in [-0.05, 0) is 56.7 Å². The number of nitrogens with one attached hydrogen (secondary N) is 2. The molecule has 7 heteroatoms. The summed E-state index contributed by atoms with van der Waals surface area (Å²) >= 11 is 0. The summed E-state index contributed by atoms with van der Waals surface area (Å²) in [4.78, 5) is 31.9. The molecule has 1 saturated heterocycles. The van der Waals surface area contributed by atoms with Crippen molar-refractivity contribution >= 4 is 22.7 Å². The van der Waals surface area contributed by atoms with Crippen LogP contribution in [0, 0.1) is 12.7 Å². The number of fused-ring (bicyclic) bond motifs is 1. The molecule has 2 fully saturated rings. The zero-order valence-corrected chi connectivity index (χ0v) is 17.1. The maximum atomic E-state index is 14.1. The van der Waals surface area contributed by atoms with Crippen LogP contribution >= 0.6 is 0 Å². The summed E-state index contributed by atoms with van der Waals surface area (Å²) in [5.41, 5.74) is 1.99. The Bertz CT molecular complexity index is 886. The average Bonchev–Trinajstić information content (AvgIpc) is 3.18. The lowest BCUT2D eigenvalue weighted by atomic mass is 9.89. The van der Waals surface area contributed by atoms with Gasteiger partial charge in [-0.15, -0.1) is 0 Å². The molecule has 1 saturated carbocycles. The molecule has 1 aromatic heterocycles. The third-order valence-electron chi connectivity index (χ3n) is 6.36. The highest BCUT2D eigenvalue weighted by atomic mass is 19.1. The van der Waals surface area contributed by atoms with Gasteiger partial charge >= 0.3 is 0 Å². The van der Waals surface area contributed by atoms with E-state index < -0.39 is 0 Å². The first-order valence-electron chi connectivity index (χ1n) is 10.5. The van der Waals surface area contributed by atoms with Gasteiger partial charge in [0.2, 0.25) is 5.91 Å². The minimum Gasteiger partial charge on any atom is -0.350 e. The van der Waals surface area contributed by atoms with Crippen molar-refractivity contribution in [1.82, 2.24) is 20.1 Å². The molecule has 29 heavy (non-hydrogen) atoms. The molecule has 0 radical (unpaired) electrons. The van der Waals surface area contributed by atoms with Crippen LogP contribution < -0.4 is 5.32 Å². The molecule has 2 aliphatic rings. The third kappa shape index (κ3) is 4.15. The van der Waals surface area contributed by atoms with Crippen LogP contribution in [0.1, 0.15) is 55.1 Å². The highest BCUT2D eigenvalue weighted by molar-refractivity contribution is 5.99. The minimum absolute atomic E-state index is 0.0892. The zero-order valence-electron chi connectivity index (χ0n) is 17.1. The number of nitrogens with zero attached hydrogens (tertiary/aromatic N) is 2. The molecule has 2 amide bonds. The molecule has 2 N–H and O–H groups in total. The van der Waals surface area contributed by atoms with Crippen LogP contribution in [0.5, 0.6) is 0 Å². The highest BCUT2D eigenvalue weighted by Crippen LogP contribution is 2.26. The van der Waals surface area contributed by atoms with Crippen molar-refractivity contribution in [1.29, 1.82) is 0 Å². The Balaban J connectivity index is 1.42. The van der Waals surface area contributed by atoms with Crippen LogP contribution in [0.25, 0.3) is 10.9 Å². The molecule has 0 unspecified atom stereocenters. The number of amides is 2. The lowest BCUT2D eigenvalue weighted by molar-refractivity contribution is -0.133. The predicted octanol–water partition coefficient (Wildman–Crippen LogP) is 3.17. The van der Waals surface area contributed by atoms with E-state index in [0.29, 0.717) is 29.3 Å². The van der Waals surface area contributed by atoms with Crippen molar-refractivity contribution in [3.05, 3.63) is 35.3 Å². The summed E-state index contributed by atoms with van der Waals surface area (Å²) in [7, 11) is 0. The van der Waals surface area contributed by atoms with Crippen LogP contribution in [0.4, 0.5) is 4.39 Å². The van der Waals surface area contributed by atoms with Crippen LogP contribution in [-0.2, 0) is 4.79 Å². The van der Waals surface area contributed by atoms with Crippen LogP contribution in [0.3, 0.4) is 0 Å². The van der Waals surface area contributed by atoms with Gasteiger partial charge in [-0.25, -0.2) is 4.39 Å². The summed E-state index contributed by atoms with van der Waals surface area (Å²) in [5, 5.41) is 3.59. The number of carbonyl (C=O) groups excluding carboxylic acids is 2. The van der Waals surface area contributed by atoms with E-state index in [1.54, 1.807) is 19.1 Å². The number of aromatic amines is 1. The van der Waals surface area contributed by atoms with Crippen molar-refractivity contribution in [3.63, 3.8) is 0 Å². The van der Waals surface area contributed by atoms with Gasteiger partial charge in [-0.3, -0.25) is 14.5 Å². The van der Waals surface area contributed by atoms with Crippen LogP contribution in [0.15, 0.2) is 18.2 Å². The fourth-order valence-electron chi connectivity index (χ4n) is 4.72. The fraction of sp³-hybridized carbons (Fsp3) is 0.545. The molecule has 4 rings (SSSR count). The molecule has 156 valence electrons. The summed E-state index contributed by atoms with van der Waals surface area (Å²) < 4.78 is 14.1. The fourth-order valence-corrected chi connectivity index (χ4v) is 4.72. The molecule has 2 heterocycles. The average molecular weight is 400 g/mol. The molecular weight excluding hydrogens is 371 g/mol. The normalized spacial score (nSPS) is 23.3. The summed E-state index contributed by atoms with van der Waals surface area (Å²) in [6.07, 6.45) is 4.96. The Labute approximate surface area is 170 Å². The molecule has 2 aromatic rings. The monoisotopic (exact) mass is 400 g/mol. The molecule has 0 spiro atoms. The second-order valence-electron chi connectivity index (χ2n) is 8.42. The summed E-state index contributed by atoms with van der Waals surface area (Å²) in [5.74, 6) is -0.384. The third-order valence-corrected chi connectivity index (χ3v) is 6.36. The number of hydrogen-bond donors (Lipinski definition) is 2. The van der Waals surface area contributed by atoms with E-state index in [9.17, 15) is 14.0 Å². The molecule has 1 aromatic carbocycles. The van der Waals surface area contributed by atoms with E-state index in [-0.39, 0.29) is 23.7 Å². The molecule has 1 aliphatic heterocycles. The maximum absolute atomic E-state index is 14.1. The summed E-state index contributed by atoms with van der Waals surface area (Å²) in [6.45, 7) is 6.03. The van der Waals surface area contributed by atoms with Gasteiger partial charge in [0.05, 0.1) is 12.2 Å². The first-order chi connectivity index (χ1) is 13.9. The van der Waals surface area contributed by atoms with Gasteiger partial charge < -0.3 is 15.2 Å². The highest BCUT2D eigenvalue weighted by Gasteiger charge is 2.31. The topological polar surface area (TPSA) is 68.4 Å². The summed E-state index contributed by atoms with van der Waals surface area (Å²) in [6, 6.07) is 5.21. The van der Waals surface area contributed by atoms with Crippen LogP contribution in [-0.4, -0.2) is 58.4 Å². The number of H-pyrrole nitrogens is 1. The van der Waals surface area contributed by atoms with Gasteiger partial charge in [0.15, 0.2) is 0 Å². The SMILES string of the molecule is CC(=O)N1CCCN([C@H]2CCC[C@@H](NC(=O)c3cc4c(F)ccc(C)c4[nH]3)C2)C1. The van der Waals surface area contributed by atoms with Gasteiger partial charge in [0, 0.05) is 37.5 Å². The van der Waals surface area contributed by atoms with E-state index in [1.165, 1.54) is 6.07 Å². The Morgan fingerprint density at radius 2 is 2.03 bits per heavy atom. The van der Waals surface area contributed by atoms with E-state index in [0.717, 1.165) is 50.8 Å². The van der Waals surface area contributed by atoms with Crippen molar-refractivity contribution in [2.45, 2.75) is 58.0 Å². The lowest BCUT2D eigenvalue weighted by Gasteiger charge is -2.43. The molecule has 6 nitrogen and oxygen atoms in total. The quantitative estimate of drug-likeness (QED) is 0.832. The van der Waals surface area contributed by atoms with Crippen molar-refractivity contribution in [2.75, 3.05) is 19.8 Å². The molecule has 0 bridgehead atoms. The number of benzene rings is 1. The molecule has 1 aliphatic carbocycles. The second-order valence-corrected chi connectivity index (χ2v) is 8.42. The van der Waals surface area contributed by atoms with Gasteiger partial charge in [0.1, 0.15) is 11.5 Å². The number of hydrogen-bond acceptors (Lipinski definition) is 3. The van der Waals surface area contributed by atoms with E-state index in [2.05, 4.69) is 15.2 Å². The van der Waals surface area contributed by atoms with Gasteiger partial charge in [-0.2, -0.15) is 0 Å². The number of aromatic nitrogens is 1. The number of halogens is 1. The van der Waals surface area contributed by atoms with Crippen molar-refractivity contribution in [3.8, 4) is 0 Å². The van der Waals surface area contributed by atoms with Crippen molar-refractivity contribution < 1.29 is 14.0 Å². The maximum Gasteiger partial charge on any atom is 0.267 e. The minimum atomic E-state index is -0.321. The second kappa shape index (κ2) is 8.14. The van der Waals surface area contributed by atoms with E-state index in [1.807, 2.05) is 11.8 Å². The first kappa shape index (κ1) is 19.9. The number of carbonyl (C=O) groups is 2. The lowest BCUT2D eigenvalue weighted by Crippen LogP contribution is -2.53. The van der Waals surface area contributed by atoms with E-state index in [4.69, 9.17) is 0 Å². The molecule has 2 atom stereocenters. The largest absolute Gasteiger partial charge is 0.350 e. The van der Waals surface area contributed by atoms with Gasteiger partial charge in [-0.1, -0.05) is 6.07 Å². The van der Waals surface area contributed by atoms with Crippen molar-refractivity contribution in [2.24, 2.45) is 0 Å². The predicted molar refractivity (Wildman–Crippen MR) is 110 cm³/mol. The Morgan fingerprint density at radius 3 is 2.79 bits per heavy atom. The smallest absolute Gasteiger partial charge is 0.267 e. The Kier molecular flexibility index (Phi) is 5.58. The van der Waals surface area contributed by atoms with E-state index >= 15 is 0 Å². The number of rotatable bonds is 3. The number of aryl methyl sites for hydroxylation is 1. The Morgan fingerprint density at radius 1 is 1.21 bits per heavy atom. The van der Waals surface area contributed by atoms with Crippen LogP contribution in [0.2, 0.25) is 0 Å². The standard InChI is InChI=1S/C22H29FN4O2/c1-14-7-8-19(23)18-12-20(25-21(14)18)22(29)24-16-5-3-6-17(11-16)27-10-4-9-26(13-27)15(2)28/h7-8,12,16-17,25H,3-6,9-11,13H2,1-2H3,(H,24,29)/t16-,17+/m1/s1. The first-order valence-corrected chi connectivity index (χ1v) is 10.5. The zero-order chi connectivity index (χ0) is 20.5. The van der Waals surface area contributed by atoms with Gasteiger partial charge in [0.25, 0.3) is 5.91 Å².